The summed E-state index contributed by atoms with van der Waals surface area (Å²) in [4.78, 5) is 13.4. The molecule has 116 valence electrons. The maximum atomic E-state index is 12.2. The van der Waals surface area contributed by atoms with Crippen LogP contribution in [-0.4, -0.2) is 29.9 Å². The van der Waals surface area contributed by atoms with Crippen LogP contribution in [0.25, 0.3) is 0 Å². The standard InChI is InChI=1S/C16H22ClNO2S/c1-3-20-15(19)16(2,18-13-6-7-13)10-11-21-14-8-4-12(17)5-9-14/h4-5,8-9,13,18H,3,6-7,10-11H2,1-2H3. The summed E-state index contributed by atoms with van der Waals surface area (Å²) < 4.78 is 5.23. The van der Waals surface area contributed by atoms with E-state index >= 15 is 0 Å². The van der Waals surface area contributed by atoms with Crippen LogP contribution in [0, 0.1) is 0 Å². The van der Waals surface area contributed by atoms with Crippen LogP contribution >= 0.6 is 23.4 Å². The Bertz CT molecular complexity index is 476. The summed E-state index contributed by atoms with van der Waals surface area (Å²) in [6.07, 6.45) is 3.05. The van der Waals surface area contributed by atoms with Gasteiger partial charge in [-0.3, -0.25) is 10.1 Å². The van der Waals surface area contributed by atoms with Crippen LogP contribution < -0.4 is 5.32 Å². The number of benzene rings is 1. The van der Waals surface area contributed by atoms with Crippen molar-refractivity contribution < 1.29 is 9.53 Å². The van der Waals surface area contributed by atoms with Gasteiger partial charge in [0, 0.05) is 21.7 Å². The third-order valence-electron chi connectivity index (χ3n) is 3.51. The summed E-state index contributed by atoms with van der Waals surface area (Å²) in [7, 11) is 0. The van der Waals surface area contributed by atoms with E-state index in [-0.39, 0.29) is 5.97 Å². The van der Waals surface area contributed by atoms with Gasteiger partial charge in [-0.05, 0) is 57.4 Å². The van der Waals surface area contributed by atoms with Crippen molar-refractivity contribution in [3.8, 4) is 0 Å². The molecule has 21 heavy (non-hydrogen) atoms. The topological polar surface area (TPSA) is 38.3 Å². The average molecular weight is 328 g/mol. The second-order valence-electron chi connectivity index (χ2n) is 5.52. The molecule has 0 aliphatic heterocycles. The Morgan fingerprint density at radius 1 is 1.43 bits per heavy atom. The minimum Gasteiger partial charge on any atom is -0.465 e. The number of rotatable bonds is 8. The van der Waals surface area contributed by atoms with Crippen molar-refractivity contribution >= 4 is 29.3 Å². The number of esters is 1. The molecule has 1 fully saturated rings. The zero-order chi connectivity index (χ0) is 15.3. The van der Waals surface area contributed by atoms with E-state index in [1.54, 1.807) is 11.8 Å². The van der Waals surface area contributed by atoms with Crippen molar-refractivity contribution in [2.45, 2.75) is 49.6 Å². The molecule has 3 nitrogen and oxygen atoms in total. The number of ether oxygens (including phenoxy) is 1. The molecular weight excluding hydrogens is 306 g/mol. The first-order chi connectivity index (χ1) is 10.0. The molecule has 0 bridgehead atoms. The molecule has 1 unspecified atom stereocenters. The van der Waals surface area contributed by atoms with E-state index in [0.29, 0.717) is 12.6 Å². The molecule has 2 rings (SSSR count). The van der Waals surface area contributed by atoms with E-state index in [4.69, 9.17) is 16.3 Å². The zero-order valence-electron chi connectivity index (χ0n) is 12.5. The number of nitrogens with one attached hydrogen (secondary N) is 1. The normalized spacial score (nSPS) is 17.3. The first kappa shape index (κ1) is 16.7. The second-order valence-corrected chi connectivity index (χ2v) is 7.13. The van der Waals surface area contributed by atoms with E-state index < -0.39 is 5.54 Å². The Balaban J connectivity index is 1.88. The third-order valence-corrected chi connectivity index (χ3v) is 4.78. The molecule has 1 atom stereocenters. The number of halogens is 1. The minimum atomic E-state index is -0.587. The van der Waals surface area contributed by atoms with E-state index in [2.05, 4.69) is 5.32 Å². The van der Waals surface area contributed by atoms with E-state index in [9.17, 15) is 4.79 Å². The molecule has 1 aromatic carbocycles. The molecule has 1 aliphatic rings. The summed E-state index contributed by atoms with van der Waals surface area (Å²) in [5, 5.41) is 4.18. The van der Waals surface area contributed by atoms with Crippen LogP contribution in [0.15, 0.2) is 29.2 Å². The first-order valence-corrected chi connectivity index (χ1v) is 8.73. The van der Waals surface area contributed by atoms with Crippen LogP contribution in [0.2, 0.25) is 5.02 Å². The fourth-order valence-electron chi connectivity index (χ4n) is 2.11. The molecule has 1 aliphatic carbocycles. The SMILES string of the molecule is CCOC(=O)C(C)(CCSc1ccc(Cl)cc1)NC1CC1. The average Bonchev–Trinajstić information content (AvgIpc) is 3.25. The largest absolute Gasteiger partial charge is 0.465 e. The van der Waals surface area contributed by atoms with Crippen molar-refractivity contribution in [2.75, 3.05) is 12.4 Å². The fraction of sp³-hybridized carbons (Fsp3) is 0.562. The number of thioether (sulfide) groups is 1. The second kappa shape index (κ2) is 7.52. The Hall–Kier alpha value is -0.710. The maximum Gasteiger partial charge on any atom is 0.326 e. The highest BCUT2D eigenvalue weighted by Gasteiger charge is 2.39. The molecule has 1 saturated carbocycles. The lowest BCUT2D eigenvalue weighted by molar-refractivity contribution is -0.150. The highest BCUT2D eigenvalue weighted by Crippen LogP contribution is 2.28. The van der Waals surface area contributed by atoms with Crippen LogP contribution in [-0.2, 0) is 9.53 Å². The fourth-order valence-corrected chi connectivity index (χ4v) is 3.31. The van der Waals surface area contributed by atoms with Crippen molar-refractivity contribution in [3.63, 3.8) is 0 Å². The molecule has 1 N–H and O–H groups in total. The molecule has 0 heterocycles. The van der Waals surface area contributed by atoms with Crippen molar-refractivity contribution in [3.05, 3.63) is 29.3 Å². The molecule has 0 aromatic heterocycles. The Morgan fingerprint density at radius 3 is 2.67 bits per heavy atom. The van der Waals surface area contributed by atoms with Gasteiger partial charge in [0.2, 0.25) is 0 Å². The molecular formula is C16H22ClNO2S. The van der Waals surface area contributed by atoms with Gasteiger partial charge in [-0.25, -0.2) is 0 Å². The number of hydrogen-bond acceptors (Lipinski definition) is 4. The maximum absolute atomic E-state index is 12.2. The summed E-state index contributed by atoms with van der Waals surface area (Å²) in [5.41, 5.74) is -0.587. The number of carbonyl (C=O) groups is 1. The van der Waals surface area contributed by atoms with Gasteiger partial charge < -0.3 is 4.74 Å². The molecule has 0 amide bonds. The minimum absolute atomic E-state index is 0.145. The lowest BCUT2D eigenvalue weighted by atomic mass is 9.99. The summed E-state index contributed by atoms with van der Waals surface area (Å²) in [6.45, 7) is 4.22. The van der Waals surface area contributed by atoms with Gasteiger partial charge >= 0.3 is 5.97 Å². The predicted octanol–water partition coefficient (Wildman–Crippen LogP) is 3.90. The van der Waals surface area contributed by atoms with Crippen LogP contribution in [0.4, 0.5) is 0 Å². The van der Waals surface area contributed by atoms with Gasteiger partial charge in [0.05, 0.1) is 6.61 Å². The predicted molar refractivity (Wildman–Crippen MR) is 88.0 cm³/mol. The van der Waals surface area contributed by atoms with E-state index in [1.165, 1.54) is 0 Å². The highest BCUT2D eigenvalue weighted by atomic mass is 35.5. The summed E-state index contributed by atoms with van der Waals surface area (Å²) in [6, 6.07) is 8.25. The smallest absolute Gasteiger partial charge is 0.326 e. The van der Waals surface area contributed by atoms with Crippen LogP contribution in [0.5, 0.6) is 0 Å². The Kier molecular flexibility index (Phi) is 5.97. The molecule has 1 aromatic rings. The van der Waals surface area contributed by atoms with Crippen molar-refractivity contribution in [1.29, 1.82) is 0 Å². The third kappa shape index (κ3) is 5.20. The van der Waals surface area contributed by atoms with Crippen molar-refractivity contribution in [1.82, 2.24) is 5.32 Å². The van der Waals surface area contributed by atoms with Crippen molar-refractivity contribution in [2.24, 2.45) is 0 Å². The lowest BCUT2D eigenvalue weighted by Crippen LogP contribution is -2.51. The van der Waals surface area contributed by atoms with Gasteiger partial charge in [-0.1, -0.05) is 11.6 Å². The molecule has 0 radical (unpaired) electrons. The molecule has 0 spiro atoms. The van der Waals surface area contributed by atoms with Gasteiger partial charge in [0.25, 0.3) is 0 Å². The van der Waals surface area contributed by atoms with Gasteiger partial charge in [-0.15, -0.1) is 11.8 Å². The summed E-state index contributed by atoms with van der Waals surface area (Å²) >= 11 is 7.61. The lowest BCUT2D eigenvalue weighted by Gasteiger charge is -2.28. The van der Waals surface area contributed by atoms with Crippen LogP contribution in [0.1, 0.15) is 33.1 Å². The van der Waals surface area contributed by atoms with Gasteiger partial charge in [0.1, 0.15) is 5.54 Å². The van der Waals surface area contributed by atoms with Gasteiger partial charge in [-0.2, -0.15) is 0 Å². The zero-order valence-corrected chi connectivity index (χ0v) is 14.1. The van der Waals surface area contributed by atoms with E-state index in [1.807, 2.05) is 38.1 Å². The van der Waals surface area contributed by atoms with Crippen LogP contribution in [0.3, 0.4) is 0 Å². The van der Waals surface area contributed by atoms with Gasteiger partial charge in [0.15, 0.2) is 0 Å². The first-order valence-electron chi connectivity index (χ1n) is 7.37. The molecule has 5 heteroatoms. The quantitative estimate of drug-likeness (QED) is 0.580. The molecule has 0 saturated heterocycles. The number of carbonyl (C=O) groups excluding carboxylic acids is 1. The highest BCUT2D eigenvalue weighted by molar-refractivity contribution is 7.99. The summed E-state index contributed by atoms with van der Waals surface area (Å²) in [5.74, 6) is 0.713. The number of hydrogen-bond donors (Lipinski definition) is 1. The Morgan fingerprint density at radius 2 is 2.10 bits per heavy atom. The van der Waals surface area contributed by atoms with E-state index in [0.717, 1.165) is 34.9 Å². The Labute approximate surface area is 135 Å². The monoisotopic (exact) mass is 327 g/mol.